The van der Waals surface area contributed by atoms with E-state index in [2.05, 4.69) is 27.7 Å². The van der Waals surface area contributed by atoms with Gasteiger partial charge >= 0.3 is 5.97 Å². The lowest BCUT2D eigenvalue weighted by Crippen LogP contribution is -2.16. The zero-order valence-electron chi connectivity index (χ0n) is 18.5. The smallest absolute Gasteiger partial charge is 0.308 e. The molecular weight excluding hydrogens is 352 g/mol. The van der Waals surface area contributed by atoms with Crippen LogP contribution >= 0.6 is 23.5 Å². The van der Waals surface area contributed by atoms with Crippen LogP contribution in [0.2, 0.25) is 0 Å². The van der Waals surface area contributed by atoms with Crippen LogP contribution < -0.4 is 0 Å². The van der Waals surface area contributed by atoms with Crippen molar-refractivity contribution in [3.63, 3.8) is 0 Å². The Bertz CT molecular complexity index is 304. The summed E-state index contributed by atoms with van der Waals surface area (Å²) in [5, 5.41) is 2.31. The van der Waals surface area contributed by atoms with Gasteiger partial charge in [0.1, 0.15) is 0 Å². The number of esters is 1. The van der Waals surface area contributed by atoms with Crippen LogP contribution in [-0.2, 0) is 14.3 Å². The van der Waals surface area contributed by atoms with Gasteiger partial charge in [0.25, 0.3) is 0 Å². The van der Waals surface area contributed by atoms with Crippen molar-refractivity contribution in [3.05, 3.63) is 0 Å². The van der Waals surface area contributed by atoms with Crippen LogP contribution in [0, 0.1) is 11.8 Å². The van der Waals surface area contributed by atoms with Crippen molar-refractivity contribution in [3.8, 4) is 0 Å². The van der Waals surface area contributed by atoms with Crippen molar-refractivity contribution in [1.82, 2.24) is 0 Å². The Kier molecular flexibility index (Phi) is 20.4. The van der Waals surface area contributed by atoms with Crippen molar-refractivity contribution in [1.29, 1.82) is 0 Å². The standard InChI is InChI=1S/C7H14O2.C7H14OS.C6H14S/c2*1-5(2)7(8)9-6(3)4;1-5(2)7-6(3)4/h2*5-6H,1-4H3;5-6H,1-4H3. The predicted molar refractivity (Wildman–Crippen MR) is 117 cm³/mol. The van der Waals surface area contributed by atoms with Crippen molar-refractivity contribution in [2.24, 2.45) is 11.8 Å². The summed E-state index contributed by atoms with van der Waals surface area (Å²) in [7, 11) is 0. The zero-order valence-corrected chi connectivity index (χ0v) is 20.1. The van der Waals surface area contributed by atoms with Crippen LogP contribution in [0.1, 0.15) is 83.1 Å². The normalized spacial score (nSPS) is 10.8. The van der Waals surface area contributed by atoms with Crippen LogP contribution in [0.5, 0.6) is 0 Å². The van der Waals surface area contributed by atoms with Crippen LogP contribution in [0.15, 0.2) is 0 Å². The highest BCUT2D eigenvalue weighted by atomic mass is 32.2. The second kappa shape index (κ2) is 17.3. The van der Waals surface area contributed by atoms with E-state index in [0.717, 1.165) is 10.5 Å². The minimum Gasteiger partial charge on any atom is -0.463 e. The van der Waals surface area contributed by atoms with Crippen molar-refractivity contribution in [2.75, 3.05) is 0 Å². The summed E-state index contributed by atoms with van der Waals surface area (Å²) in [5.41, 5.74) is 0. The third-order valence-electron chi connectivity index (χ3n) is 2.19. The minimum atomic E-state index is -0.120. The Morgan fingerprint density at radius 2 is 1.04 bits per heavy atom. The molecule has 0 radical (unpaired) electrons. The van der Waals surface area contributed by atoms with Crippen LogP contribution in [-0.4, -0.2) is 32.9 Å². The monoisotopic (exact) mass is 394 g/mol. The molecule has 0 rings (SSSR count). The molecule has 5 heteroatoms. The number of rotatable bonds is 6. The first kappa shape index (κ1) is 29.6. The highest BCUT2D eigenvalue weighted by Gasteiger charge is 2.09. The van der Waals surface area contributed by atoms with Gasteiger partial charge in [0.2, 0.25) is 0 Å². The highest BCUT2D eigenvalue weighted by molar-refractivity contribution is 8.14. The van der Waals surface area contributed by atoms with Crippen molar-refractivity contribution < 1.29 is 14.3 Å². The first-order valence-electron chi connectivity index (χ1n) is 9.26. The topological polar surface area (TPSA) is 43.4 Å². The third-order valence-corrected chi connectivity index (χ3v) is 4.45. The summed E-state index contributed by atoms with van der Waals surface area (Å²) >= 11 is 3.43. The number of ether oxygens (including phenoxy) is 1. The molecule has 25 heavy (non-hydrogen) atoms. The lowest BCUT2D eigenvalue weighted by atomic mass is 10.2. The van der Waals surface area contributed by atoms with Gasteiger partial charge < -0.3 is 4.74 Å². The number of carbonyl (C=O) groups is 2. The molecule has 0 fully saturated rings. The largest absolute Gasteiger partial charge is 0.463 e. The molecule has 152 valence electrons. The van der Waals surface area contributed by atoms with Gasteiger partial charge in [-0.05, 0) is 24.3 Å². The molecule has 0 aromatic carbocycles. The quantitative estimate of drug-likeness (QED) is 0.485. The van der Waals surface area contributed by atoms with Crippen LogP contribution in [0.25, 0.3) is 0 Å². The SMILES string of the molecule is CC(C)OC(=O)C(C)C.CC(C)SC(=O)C(C)C.CC(C)SC(C)C. The van der Waals surface area contributed by atoms with E-state index in [9.17, 15) is 9.59 Å². The van der Waals surface area contributed by atoms with Gasteiger partial charge in [0, 0.05) is 11.2 Å². The van der Waals surface area contributed by atoms with E-state index in [1.54, 1.807) is 0 Å². The fourth-order valence-electron chi connectivity index (χ4n) is 1.28. The highest BCUT2D eigenvalue weighted by Crippen LogP contribution is 2.15. The first-order chi connectivity index (χ1) is 11.2. The van der Waals surface area contributed by atoms with E-state index < -0.39 is 0 Å². The molecule has 0 aromatic rings. The predicted octanol–water partition coefficient (Wildman–Crippen LogP) is 6.44. The molecule has 0 amide bonds. The van der Waals surface area contributed by atoms with Gasteiger partial charge in [-0.2, -0.15) is 11.8 Å². The number of carbonyl (C=O) groups excluding carboxylic acids is 2. The summed E-state index contributed by atoms with van der Waals surface area (Å²) in [4.78, 5) is 21.6. The van der Waals surface area contributed by atoms with Crippen molar-refractivity contribution in [2.45, 2.75) is 105 Å². The molecule has 0 saturated carbocycles. The van der Waals surface area contributed by atoms with Crippen LogP contribution in [0.4, 0.5) is 0 Å². The van der Waals surface area contributed by atoms with Gasteiger partial charge in [-0.3, -0.25) is 9.59 Å². The molecular formula is C20H42O3S2. The van der Waals surface area contributed by atoms with Gasteiger partial charge in [-0.15, -0.1) is 0 Å². The summed E-state index contributed by atoms with van der Waals surface area (Å²) in [5.74, 6) is 0.0507. The Hall–Kier alpha value is -0.160. The van der Waals surface area contributed by atoms with Gasteiger partial charge in [-0.25, -0.2) is 0 Å². The first-order valence-corrected chi connectivity index (χ1v) is 11.1. The van der Waals surface area contributed by atoms with Crippen molar-refractivity contribution >= 4 is 34.6 Å². The lowest BCUT2D eigenvalue weighted by Gasteiger charge is -2.08. The third kappa shape index (κ3) is 28.9. The maximum absolute atomic E-state index is 10.9. The fourth-order valence-corrected chi connectivity index (χ4v) is 3.11. The van der Waals surface area contributed by atoms with Crippen LogP contribution in [0.3, 0.4) is 0 Å². The summed E-state index contributed by atoms with van der Waals surface area (Å²) in [6.07, 6.45) is 0.0138. The number of thioether (sulfide) groups is 2. The van der Waals surface area contributed by atoms with Gasteiger partial charge in [0.05, 0.1) is 12.0 Å². The van der Waals surface area contributed by atoms with E-state index in [4.69, 9.17) is 4.74 Å². The Balaban J connectivity index is -0.000000293. The molecule has 0 bridgehead atoms. The molecule has 0 aliphatic carbocycles. The Morgan fingerprint density at radius 3 is 1.12 bits per heavy atom. The number of hydrogen-bond donors (Lipinski definition) is 0. The number of hydrogen-bond acceptors (Lipinski definition) is 5. The molecule has 0 heterocycles. The molecule has 3 nitrogen and oxygen atoms in total. The zero-order chi connectivity index (χ0) is 20.7. The molecule has 0 atom stereocenters. The molecule has 0 spiro atoms. The molecule has 0 saturated heterocycles. The second-order valence-corrected chi connectivity index (χ2v) is 11.3. The fraction of sp³-hybridized carbons (Fsp3) is 0.900. The maximum atomic E-state index is 10.9. The lowest BCUT2D eigenvalue weighted by molar-refractivity contribution is -0.151. The molecule has 0 aliphatic heterocycles. The Labute approximate surface area is 165 Å². The Morgan fingerprint density at radius 1 is 0.640 bits per heavy atom. The molecule has 0 aliphatic rings. The van der Waals surface area contributed by atoms with Gasteiger partial charge in [-0.1, -0.05) is 81.0 Å². The summed E-state index contributed by atoms with van der Waals surface area (Å²) in [6, 6.07) is 0. The maximum Gasteiger partial charge on any atom is 0.308 e. The molecule has 0 unspecified atom stereocenters. The second-order valence-electron chi connectivity index (χ2n) is 7.51. The molecule has 0 N–H and O–H groups in total. The van der Waals surface area contributed by atoms with Gasteiger partial charge in [0.15, 0.2) is 5.12 Å². The minimum absolute atomic E-state index is 0.00704. The van der Waals surface area contributed by atoms with E-state index in [1.165, 1.54) is 11.8 Å². The average molecular weight is 395 g/mol. The van der Waals surface area contributed by atoms with E-state index >= 15 is 0 Å². The van der Waals surface area contributed by atoms with E-state index in [1.807, 2.05) is 67.2 Å². The summed E-state index contributed by atoms with van der Waals surface area (Å²) in [6.45, 7) is 24.2. The molecule has 0 aromatic heterocycles. The van der Waals surface area contributed by atoms with E-state index in [0.29, 0.717) is 10.4 Å². The summed E-state index contributed by atoms with van der Waals surface area (Å²) < 4.78 is 4.87. The van der Waals surface area contributed by atoms with E-state index in [-0.39, 0.29) is 23.9 Å². The average Bonchev–Trinajstić information content (AvgIpc) is 2.36.